The van der Waals surface area contributed by atoms with E-state index >= 15 is 0 Å². The summed E-state index contributed by atoms with van der Waals surface area (Å²) in [5, 5.41) is 5.24. The van der Waals surface area contributed by atoms with Crippen LogP contribution in [0.1, 0.15) is 33.2 Å². The molecule has 4 aromatic rings. The van der Waals surface area contributed by atoms with Crippen LogP contribution in [-0.2, 0) is 11.2 Å². The molecule has 32 heavy (non-hydrogen) atoms. The largest absolute Gasteiger partial charge is 0.465 e. The number of benzene rings is 3. The minimum absolute atomic E-state index is 0.274. The highest BCUT2D eigenvalue weighted by molar-refractivity contribution is 7.15. The van der Waals surface area contributed by atoms with Gasteiger partial charge in [0.1, 0.15) is 10.6 Å². The number of amides is 1. The lowest BCUT2D eigenvalue weighted by Crippen LogP contribution is -2.14. The Hall–Kier alpha value is -3.70. The maximum Gasteiger partial charge on any atom is 0.341 e. The first kappa shape index (κ1) is 21.5. The zero-order chi connectivity index (χ0) is 22.5. The van der Waals surface area contributed by atoms with Gasteiger partial charge in [0.25, 0.3) is 5.91 Å². The second-order valence-corrected chi connectivity index (χ2v) is 8.17. The van der Waals surface area contributed by atoms with Gasteiger partial charge >= 0.3 is 5.97 Å². The lowest BCUT2D eigenvalue weighted by Gasteiger charge is -2.09. The summed E-state index contributed by atoms with van der Waals surface area (Å²) < 4.78 is 5.01. The predicted molar refractivity (Wildman–Crippen MR) is 130 cm³/mol. The summed E-state index contributed by atoms with van der Waals surface area (Å²) >= 11 is 1.31. The van der Waals surface area contributed by atoms with E-state index in [0.717, 1.165) is 28.7 Å². The Balaban J connectivity index is 1.60. The summed E-state index contributed by atoms with van der Waals surface area (Å²) in [5.74, 6) is -0.750. The summed E-state index contributed by atoms with van der Waals surface area (Å²) in [6.07, 6.45) is 0.943. The second kappa shape index (κ2) is 9.62. The van der Waals surface area contributed by atoms with Gasteiger partial charge in [0, 0.05) is 16.5 Å². The van der Waals surface area contributed by atoms with Crippen molar-refractivity contribution in [1.29, 1.82) is 0 Å². The monoisotopic (exact) mass is 441 g/mol. The van der Waals surface area contributed by atoms with Gasteiger partial charge in [-0.3, -0.25) is 4.79 Å². The van der Waals surface area contributed by atoms with Crippen LogP contribution in [-0.4, -0.2) is 19.0 Å². The van der Waals surface area contributed by atoms with Crippen LogP contribution in [0.25, 0.3) is 22.3 Å². The molecule has 0 saturated heterocycles. The van der Waals surface area contributed by atoms with E-state index < -0.39 is 5.97 Å². The lowest BCUT2D eigenvalue weighted by atomic mass is 10.0. The molecule has 0 atom stereocenters. The highest BCUT2D eigenvalue weighted by atomic mass is 32.1. The van der Waals surface area contributed by atoms with Gasteiger partial charge in [-0.2, -0.15) is 0 Å². The van der Waals surface area contributed by atoms with Gasteiger partial charge in [-0.1, -0.05) is 73.7 Å². The molecule has 0 aliphatic heterocycles. The number of methoxy groups -OCH3 is 1. The smallest absolute Gasteiger partial charge is 0.341 e. The first-order valence-corrected chi connectivity index (χ1v) is 11.2. The fourth-order valence-corrected chi connectivity index (χ4v) is 4.46. The second-order valence-electron chi connectivity index (χ2n) is 7.29. The number of thiophene rings is 1. The Bertz CT molecular complexity index is 1230. The van der Waals surface area contributed by atoms with E-state index in [2.05, 4.69) is 12.2 Å². The SMILES string of the molecule is CCc1ccc(-c2csc(NC(=O)c3ccc(-c4ccccc4)cc3)c2C(=O)OC)cc1. The van der Waals surface area contributed by atoms with E-state index in [4.69, 9.17) is 4.74 Å². The molecule has 0 aliphatic rings. The molecule has 0 unspecified atom stereocenters. The van der Waals surface area contributed by atoms with Gasteiger partial charge in [-0.25, -0.2) is 4.79 Å². The Morgan fingerprint density at radius 2 is 1.47 bits per heavy atom. The molecular formula is C27H23NO3S. The molecule has 3 aromatic carbocycles. The van der Waals surface area contributed by atoms with Crippen molar-refractivity contribution in [1.82, 2.24) is 0 Å². The van der Waals surface area contributed by atoms with Crippen LogP contribution in [0.5, 0.6) is 0 Å². The number of carbonyl (C=O) groups excluding carboxylic acids is 2. The van der Waals surface area contributed by atoms with Crippen molar-refractivity contribution in [3.63, 3.8) is 0 Å². The molecule has 0 spiro atoms. The maximum atomic E-state index is 12.9. The summed E-state index contributed by atoms with van der Waals surface area (Å²) in [5.41, 5.74) is 5.89. The van der Waals surface area contributed by atoms with Gasteiger partial charge in [-0.05, 0) is 40.8 Å². The predicted octanol–water partition coefficient (Wildman–Crippen LogP) is 6.68. The number of aryl methyl sites for hydroxylation is 1. The molecule has 0 radical (unpaired) electrons. The van der Waals surface area contributed by atoms with E-state index in [1.54, 1.807) is 12.1 Å². The van der Waals surface area contributed by atoms with Crippen LogP contribution in [0.4, 0.5) is 5.00 Å². The molecule has 160 valence electrons. The molecule has 4 nitrogen and oxygen atoms in total. The average Bonchev–Trinajstić information content (AvgIpc) is 3.27. The van der Waals surface area contributed by atoms with Crippen molar-refractivity contribution in [3.05, 3.63) is 101 Å². The Morgan fingerprint density at radius 3 is 2.09 bits per heavy atom. The van der Waals surface area contributed by atoms with Gasteiger partial charge < -0.3 is 10.1 Å². The van der Waals surface area contributed by atoms with Gasteiger partial charge in [0.15, 0.2) is 0 Å². The number of hydrogen-bond donors (Lipinski definition) is 1. The Labute approximate surface area is 191 Å². The van der Waals surface area contributed by atoms with Crippen LogP contribution in [0, 0.1) is 0 Å². The first-order valence-electron chi connectivity index (χ1n) is 10.4. The highest BCUT2D eigenvalue weighted by Gasteiger charge is 2.22. The molecule has 0 aliphatic carbocycles. The fraction of sp³-hybridized carbons (Fsp3) is 0.111. The van der Waals surface area contributed by atoms with E-state index in [1.165, 1.54) is 24.0 Å². The zero-order valence-electron chi connectivity index (χ0n) is 17.9. The third kappa shape index (κ3) is 4.48. The minimum Gasteiger partial charge on any atom is -0.465 e. The van der Waals surface area contributed by atoms with Crippen molar-refractivity contribution in [2.24, 2.45) is 0 Å². The number of hydrogen-bond acceptors (Lipinski definition) is 4. The van der Waals surface area contributed by atoms with E-state index in [9.17, 15) is 9.59 Å². The van der Waals surface area contributed by atoms with E-state index in [1.807, 2.05) is 72.1 Å². The number of nitrogens with one attached hydrogen (secondary N) is 1. The van der Waals surface area contributed by atoms with Crippen molar-refractivity contribution in [2.75, 3.05) is 12.4 Å². The summed E-state index contributed by atoms with van der Waals surface area (Å²) in [4.78, 5) is 25.5. The van der Waals surface area contributed by atoms with Crippen LogP contribution >= 0.6 is 11.3 Å². The number of anilines is 1. The van der Waals surface area contributed by atoms with Crippen LogP contribution in [0.2, 0.25) is 0 Å². The zero-order valence-corrected chi connectivity index (χ0v) is 18.7. The average molecular weight is 442 g/mol. The maximum absolute atomic E-state index is 12.9. The third-order valence-electron chi connectivity index (χ3n) is 5.34. The summed E-state index contributed by atoms with van der Waals surface area (Å²) in [6, 6.07) is 25.4. The topological polar surface area (TPSA) is 55.4 Å². The van der Waals surface area contributed by atoms with Crippen molar-refractivity contribution < 1.29 is 14.3 Å². The third-order valence-corrected chi connectivity index (χ3v) is 6.23. The molecule has 0 bridgehead atoms. The molecule has 1 N–H and O–H groups in total. The summed E-state index contributed by atoms with van der Waals surface area (Å²) in [6.45, 7) is 2.10. The highest BCUT2D eigenvalue weighted by Crippen LogP contribution is 2.36. The first-order chi connectivity index (χ1) is 15.6. The Morgan fingerprint density at radius 1 is 0.844 bits per heavy atom. The van der Waals surface area contributed by atoms with Crippen LogP contribution in [0.15, 0.2) is 84.2 Å². The Kier molecular flexibility index (Phi) is 6.47. The van der Waals surface area contributed by atoms with Gasteiger partial charge in [0.2, 0.25) is 0 Å². The van der Waals surface area contributed by atoms with E-state index in [0.29, 0.717) is 16.1 Å². The molecular weight excluding hydrogens is 418 g/mol. The quantitative estimate of drug-likeness (QED) is 0.339. The lowest BCUT2D eigenvalue weighted by molar-refractivity contribution is 0.0603. The number of rotatable bonds is 6. The fourth-order valence-electron chi connectivity index (χ4n) is 3.51. The van der Waals surface area contributed by atoms with Crippen LogP contribution < -0.4 is 5.32 Å². The molecule has 1 heterocycles. The normalized spacial score (nSPS) is 10.6. The van der Waals surface area contributed by atoms with Crippen LogP contribution in [0.3, 0.4) is 0 Å². The molecule has 0 fully saturated rings. The van der Waals surface area contributed by atoms with Crippen molar-refractivity contribution in [2.45, 2.75) is 13.3 Å². The van der Waals surface area contributed by atoms with Gasteiger partial charge in [0.05, 0.1) is 7.11 Å². The minimum atomic E-state index is -0.476. The molecule has 1 aromatic heterocycles. The van der Waals surface area contributed by atoms with Gasteiger partial charge in [-0.15, -0.1) is 11.3 Å². The standard InChI is InChI=1S/C27H23NO3S/c1-3-18-9-11-21(12-10-18)23-17-32-26(24(23)27(30)31-2)28-25(29)22-15-13-20(14-16-22)19-7-5-4-6-8-19/h4-17H,3H2,1-2H3,(H,28,29). The number of ether oxygens (including phenoxy) is 1. The molecule has 4 rings (SSSR count). The molecule has 5 heteroatoms. The number of esters is 1. The summed E-state index contributed by atoms with van der Waals surface area (Å²) in [7, 11) is 1.35. The molecule has 1 amide bonds. The van der Waals surface area contributed by atoms with Crippen molar-refractivity contribution in [3.8, 4) is 22.3 Å². The molecule has 0 saturated carbocycles. The van der Waals surface area contributed by atoms with E-state index in [-0.39, 0.29) is 5.91 Å². The van der Waals surface area contributed by atoms with Crippen molar-refractivity contribution >= 4 is 28.2 Å². The number of carbonyl (C=O) groups is 2.